The molecule has 0 spiro atoms. The molecule has 0 amide bonds. The Bertz CT molecular complexity index is 5480. The minimum absolute atomic E-state index is 0.0467. The number of phenolic OH excluding ortho intramolecular Hbond substituents is 26. The number of aromatic hydroxyl groups is 26. The summed E-state index contributed by atoms with van der Waals surface area (Å²) >= 11 is 0. The summed E-state index contributed by atoms with van der Waals surface area (Å²) < 4.78 is 48.5. The molecule has 0 unspecified atom stereocenters. The first-order chi connectivity index (χ1) is 68.5. The number of benzene rings is 12. The average molecular weight is 2020 g/mol. The lowest BCUT2D eigenvalue weighted by atomic mass is 10.0. The molecule has 12 rings (SSSR count). The Hall–Kier alpha value is -15.0. The zero-order chi connectivity index (χ0) is 108. The zero-order valence-electron chi connectivity index (χ0n) is 83.6. The third-order valence-electron chi connectivity index (χ3n) is 20.0. The highest BCUT2D eigenvalue weighted by atomic mass is 16.5. The highest BCUT2D eigenvalue weighted by Crippen LogP contribution is 2.42. The van der Waals surface area contributed by atoms with Gasteiger partial charge in [-0.05, 0) is 211 Å². The van der Waals surface area contributed by atoms with Gasteiger partial charge in [0.1, 0.15) is 69.0 Å². The molecule has 0 heterocycles. The largest absolute Gasteiger partial charge is 0.508 e. The van der Waals surface area contributed by atoms with Crippen molar-refractivity contribution >= 4 is 0 Å². The Morgan fingerprint density at radius 3 is 0.958 bits per heavy atom. The van der Waals surface area contributed by atoms with Crippen LogP contribution in [-0.4, -0.2) is 270 Å². The van der Waals surface area contributed by atoms with Crippen LogP contribution in [0.5, 0.6) is 149 Å². The summed E-state index contributed by atoms with van der Waals surface area (Å²) in [5, 5.41) is 238. The summed E-state index contributed by atoms with van der Waals surface area (Å²) in [7, 11) is 16.0. The lowest BCUT2D eigenvalue weighted by Gasteiger charge is -2.09. The number of hydrogen-bond acceptors (Lipinski definition) is 36. The van der Waals surface area contributed by atoms with Crippen molar-refractivity contribution in [1.29, 1.82) is 0 Å². The first-order valence-corrected chi connectivity index (χ1v) is 44.9. The van der Waals surface area contributed by atoms with Crippen molar-refractivity contribution in [1.82, 2.24) is 0 Å². The van der Waals surface area contributed by atoms with Crippen LogP contribution in [0, 0.1) is 0 Å². The molecule has 0 radical (unpaired) electrons. The van der Waals surface area contributed by atoms with Crippen molar-refractivity contribution in [2.75, 3.05) is 137 Å². The standard InChI is InChI=1S/3C9H12O4.6C9H12O3.3C9H12O2/c1-13-3-2-7-8(11)4-6(10)5-9(7)12;1-13-3-2-6-4-7(10)9(12)8(11)5-6;1-13-5-4-6-2-3-7(10)9(12)8(6)11;1-5(2)6-3-7(10)9(12)8(11)4-6;1-5(2)6-3-4-7(10)9(12)8(6)11;1-12-5-4-7-6-8(10)2-3-9(7)11;1-12-5-4-7-2-3-8(10)6-9(7)11;1-12-6-5-7-8(10)3-2-4-9(7)11;1-12-6-5-7-3-2-4-8(10)9(7)11;1-11-7-6-8-2-4-9(10)5-3-8;1-11-6-5-8-3-2-4-9(10)7-8;1-11-7-6-8-4-2-3-5-9(8)10/h2*4-5,10-12H,2-3H2,1H3;2-3,10-12H,4-5H2,1H3;2*3-5,10-12H,1-2H3;2*2-3,6,10-11H,4-5H2,1H3;2*2-4,10-11H,5-6H2,1H3;2-5,10H,6-7H2,1H3;2-4,7,10H,5-6H2,1H3;2-5,10H,6-7H2,1H3. The van der Waals surface area contributed by atoms with Crippen molar-refractivity contribution in [3.63, 3.8) is 0 Å². The minimum Gasteiger partial charge on any atom is -0.508 e. The molecule has 0 atom stereocenters. The van der Waals surface area contributed by atoms with E-state index in [0.717, 1.165) is 53.7 Å². The zero-order valence-corrected chi connectivity index (χ0v) is 83.6. The number of ether oxygens (including phenoxy) is 10. The van der Waals surface area contributed by atoms with Gasteiger partial charge in [0.15, 0.2) is 69.0 Å². The van der Waals surface area contributed by atoms with E-state index in [4.69, 9.17) is 129 Å². The number of para-hydroxylation sites is 2. The van der Waals surface area contributed by atoms with E-state index in [2.05, 4.69) is 0 Å². The maximum absolute atomic E-state index is 9.34. The third-order valence-corrected chi connectivity index (χ3v) is 20.0. The maximum Gasteiger partial charge on any atom is 0.200 e. The molecule has 792 valence electrons. The maximum atomic E-state index is 9.34. The Morgan fingerprint density at radius 2 is 0.493 bits per heavy atom. The van der Waals surface area contributed by atoms with Gasteiger partial charge < -0.3 is 180 Å². The van der Waals surface area contributed by atoms with Crippen molar-refractivity contribution in [3.8, 4) is 149 Å². The molecular formula is C108H144O36. The first kappa shape index (κ1) is 127. The van der Waals surface area contributed by atoms with Crippen LogP contribution in [0.4, 0.5) is 0 Å². The molecular weight excluding hydrogens is 1870 g/mol. The van der Waals surface area contributed by atoms with Gasteiger partial charge in [0.2, 0.25) is 11.5 Å². The van der Waals surface area contributed by atoms with Crippen LogP contribution in [-0.2, 0) is 112 Å². The van der Waals surface area contributed by atoms with Crippen LogP contribution >= 0.6 is 0 Å². The van der Waals surface area contributed by atoms with E-state index in [9.17, 15) is 51.1 Å². The van der Waals surface area contributed by atoms with E-state index in [1.807, 2.05) is 70.2 Å². The van der Waals surface area contributed by atoms with Crippen LogP contribution in [0.25, 0.3) is 0 Å². The average Bonchev–Trinajstić information content (AvgIpc) is 0.833. The summed E-state index contributed by atoms with van der Waals surface area (Å²) in [6.45, 7) is 13.2. The summed E-state index contributed by atoms with van der Waals surface area (Å²) in [5.74, 6) is -2.59. The third kappa shape index (κ3) is 50.4. The minimum atomic E-state index is -0.485. The van der Waals surface area contributed by atoms with Gasteiger partial charge in [-0.2, -0.15) is 0 Å². The molecule has 0 aliphatic heterocycles. The SMILES string of the molecule is CC(C)c1cc(O)c(O)c(O)c1.CC(C)c1ccc(O)c(O)c1O.COCCc1c(O)cc(O)cc1O.COCCc1c(O)cccc1O.COCCc1cc(O)c(O)c(O)c1.COCCc1cc(O)ccc1O.COCCc1ccc(O)c(O)c1O.COCCc1ccc(O)cc1.COCCc1ccc(O)cc1O.COCCc1cccc(O)c1.COCCc1cccc(O)c1O.COCCc1ccccc1O. The molecule has 0 aliphatic rings. The van der Waals surface area contributed by atoms with Gasteiger partial charge in [0.05, 0.1) is 66.1 Å². The molecule has 0 bridgehead atoms. The van der Waals surface area contributed by atoms with Gasteiger partial charge in [-0.25, -0.2) is 0 Å². The van der Waals surface area contributed by atoms with Gasteiger partial charge in [0.25, 0.3) is 0 Å². The van der Waals surface area contributed by atoms with Crippen molar-refractivity contribution in [2.45, 2.75) is 104 Å². The van der Waals surface area contributed by atoms with Gasteiger partial charge in [-0.3, -0.25) is 0 Å². The fourth-order valence-electron chi connectivity index (χ4n) is 11.9. The Kier molecular flexibility index (Phi) is 63.8. The molecule has 26 N–H and O–H groups in total. The number of phenols is 26. The normalized spacial score (nSPS) is 10.2. The van der Waals surface area contributed by atoms with Gasteiger partial charge in [0, 0.05) is 130 Å². The highest BCUT2D eigenvalue weighted by molar-refractivity contribution is 5.57. The second-order valence-electron chi connectivity index (χ2n) is 31.6. The fraction of sp³-hybridized carbons (Fsp3) is 0.333. The second kappa shape index (κ2) is 72.3. The quantitative estimate of drug-likeness (QED) is 0.0137. The molecule has 0 saturated carbocycles. The number of hydrogen-bond donors (Lipinski definition) is 26. The Balaban J connectivity index is 0.000000786. The summed E-state index contributed by atoms with van der Waals surface area (Å²) in [4.78, 5) is 0. The Morgan fingerprint density at radius 1 is 0.174 bits per heavy atom. The topological polar surface area (TPSA) is 618 Å². The predicted molar refractivity (Wildman–Crippen MR) is 545 cm³/mol. The van der Waals surface area contributed by atoms with E-state index in [1.54, 1.807) is 149 Å². The van der Waals surface area contributed by atoms with E-state index in [1.165, 1.54) is 91.5 Å². The fourth-order valence-corrected chi connectivity index (χ4v) is 11.9. The van der Waals surface area contributed by atoms with E-state index in [0.29, 0.717) is 155 Å². The number of methoxy groups -OCH3 is 10. The van der Waals surface area contributed by atoms with Gasteiger partial charge in [-0.1, -0.05) is 107 Å². The monoisotopic (exact) mass is 2020 g/mol. The van der Waals surface area contributed by atoms with E-state index in [-0.39, 0.29) is 121 Å². The van der Waals surface area contributed by atoms with Crippen LogP contribution < -0.4 is 0 Å². The van der Waals surface area contributed by atoms with Crippen molar-refractivity contribution < 1.29 is 180 Å². The van der Waals surface area contributed by atoms with Gasteiger partial charge >= 0.3 is 0 Å². The summed E-state index contributed by atoms with van der Waals surface area (Å²) in [5.41, 5.74) is 9.05. The molecule has 0 aromatic heterocycles. The molecule has 0 aliphatic carbocycles. The van der Waals surface area contributed by atoms with Crippen LogP contribution in [0.15, 0.2) is 206 Å². The van der Waals surface area contributed by atoms with Gasteiger partial charge in [-0.15, -0.1) is 0 Å². The second-order valence-corrected chi connectivity index (χ2v) is 31.6. The van der Waals surface area contributed by atoms with Crippen molar-refractivity contribution in [3.05, 3.63) is 273 Å². The highest BCUT2D eigenvalue weighted by Gasteiger charge is 2.17. The van der Waals surface area contributed by atoms with E-state index < -0.39 is 23.0 Å². The number of rotatable bonds is 32. The molecule has 36 heteroatoms. The lowest BCUT2D eigenvalue weighted by Crippen LogP contribution is -1.95. The lowest BCUT2D eigenvalue weighted by molar-refractivity contribution is 0.200. The molecule has 12 aromatic rings. The van der Waals surface area contributed by atoms with Crippen LogP contribution in [0.2, 0.25) is 0 Å². The molecule has 144 heavy (non-hydrogen) atoms. The van der Waals surface area contributed by atoms with E-state index >= 15 is 0 Å². The molecule has 36 nitrogen and oxygen atoms in total. The molecule has 0 saturated heterocycles. The smallest absolute Gasteiger partial charge is 0.200 e. The molecule has 12 aromatic carbocycles. The van der Waals surface area contributed by atoms with Crippen LogP contribution in [0.3, 0.4) is 0 Å². The molecule has 0 fully saturated rings. The summed E-state index contributed by atoms with van der Waals surface area (Å²) in [6, 6.07) is 54.2. The Labute approximate surface area is 839 Å². The summed E-state index contributed by atoms with van der Waals surface area (Å²) in [6.07, 6.45) is 6.40. The van der Waals surface area contributed by atoms with Crippen molar-refractivity contribution in [2.24, 2.45) is 0 Å². The first-order valence-electron chi connectivity index (χ1n) is 44.9. The predicted octanol–water partition coefficient (Wildman–Crippen LogP) is 16.7. The van der Waals surface area contributed by atoms with Crippen LogP contribution in [0.1, 0.15) is 106 Å².